The minimum Gasteiger partial charge on any atom is -0.319 e. The molecule has 2 aromatic carbocycles. The van der Waals surface area contributed by atoms with Crippen molar-refractivity contribution in [2.24, 2.45) is 0 Å². The highest BCUT2D eigenvalue weighted by Crippen LogP contribution is 2.38. The highest BCUT2D eigenvalue weighted by molar-refractivity contribution is 6.06. The Morgan fingerprint density at radius 3 is 2.54 bits per heavy atom. The van der Waals surface area contributed by atoms with Crippen molar-refractivity contribution in [3.8, 4) is 11.1 Å². The molecule has 2 nitrogen and oxygen atoms in total. The number of halogens is 1. The van der Waals surface area contributed by atoms with Crippen LogP contribution in [0.4, 0.5) is 4.39 Å². The molecule has 0 saturated carbocycles. The number of benzene rings is 2. The van der Waals surface area contributed by atoms with Gasteiger partial charge in [-0.25, -0.2) is 4.39 Å². The lowest BCUT2D eigenvalue weighted by atomic mass is 9.98. The number of carbonyl (C=O) groups is 1. The number of allylic oxidation sites excluding steroid dienone is 1. The van der Waals surface area contributed by atoms with Crippen LogP contribution in [0.25, 0.3) is 33.5 Å². The fraction of sp³-hybridized carbons (Fsp3) is 0.0870. The Bertz CT molecular complexity index is 1140. The highest BCUT2D eigenvalue weighted by Gasteiger charge is 2.18. The van der Waals surface area contributed by atoms with E-state index in [1.807, 2.05) is 18.2 Å². The van der Waals surface area contributed by atoms with Crippen LogP contribution in [0.3, 0.4) is 0 Å². The number of aryl methyl sites for hydroxylation is 1. The predicted octanol–water partition coefficient (Wildman–Crippen LogP) is 5.67. The van der Waals surface area contributed by atoms with Crippen molar-refractivity contribution < 1.29 is 9.18 Å². The monoisotopic (exact) mass is 343 g/mol. The van der Waals surface area contributed by atoms with Crippen molar-refractivity contribution in [2.75, 3.05) is 0 Å². The summed E-state index contributed by atoms with van der Waals surface area (Å²) in [6, 6.07) is 16.9. The lowest BCUT2D eigenvalue weighted by Crippen LogP contribution is -1.92. The smallest absolute Gasteiger partial charge is 0.142 e. The number of fused-ring (bicyclic) bond motifs is 3. The lowest BCUT2D eigenvalue weighted by Gasteiger charge is -2.06. The number of aromatic nitrogens is 1. The van der Waals surface area contributed by atoms with Gasteiger partial charge in [0.15, 0.2) is 0 Å². The Morgan fingerprint density at radius 1 is 1.04 bits per heavy atom. The normalized spacial score (nSPS) is 11.6. The number of carbonyl (C=O) groups excluding carboxylic acids is 1. The molecule has 0 N–H and O–H groups in total. The summed E-state index contributed by atoms with van der Waals surface area (Å²) in [5.41, 5.74) is 5.17. The molecule has 0 unspecified atom stereocenters. The lowest BCUT2D eigenvalue weighted by molar-refractivity contribution is -0.104. The third-order valence-electron chi connectivity index (χ3n) is 4.78. The molecule has 0 aliphatic rings. The van der Waals surface area contributed by atoms with E-state index in [1.54, 1.807) is 12.1 Å². The number of hydrogen-bond donors (Lipinski definition) is 0. The Balaban J connectivity index is 2.20. The van der Waals surface area contributed by atoms with Crippen LogP contribution in [0.1, 0.15) is 18.2 Å². The van der Waals surface area contributed by atoms with Crippen LogP contribution in [0.5, 0.6) is 0 Å². The molecular weight excluding hydrogens is 325 g/mol. The van der Waals surface area contributed by atoms with Crippen LogP contribution in [0.15, 0.2) is 66.9 Å². The van der Waals surface area contributed by atoms with Gasteiger partial charge in [-0.05, 0) is 47.7 Å². The van der Waals surface area contributed by atoms with Gasteiger partial charge in [0.1, 0.15) is 12.1 Å². The zero-order valence-electron chi connectivity index (χ0n) is 14.4. The van der Waals surface area contributed by atoms with E-state index in [-0.39, 0.29) is 5.82 Å². The van der Waals surface area contributed by atoms with Gasteiger partial charge in [-0.3, -0.25) is 4.79 Å². The van der Waals surface area contributed by atoms with Crippen molar-refractivity contribution in [2.45, 2.75) is 13.3 Å². The van der Waals surface area contributed by atoms with E-state index in [1.165, 1.54) is 18.2 Å². The first-order valence-electron chi connectivity index (χ1n) is 8.67. The Hall–Kier alpha value is -3.20. The third-order valence-corrected chi connectivity index (χ3v) is 4.78. The summed E-state index contributed by atoms with van der Waals surface area (Å²) in [6.45, 7) is 2.10. The predicted molar refractivity (Wildman–Crippen MR) is 105 cm³/mol. The largest absolute Gasteiger partial charge is 0.319 e. The molecule has 0 fully saturated rings. The van der Waals surface area contributed by atoms with E-state index in [0.29, 0.717) is 0 Å². The van der Waals surface area contributed by atoms with Crippen molar-refractivity contribution in [3.05, 3.63) is 83.9 Å². The first-order chi connectivity index (χ1) is 12.7. The zero-order valence-corrected chi connectivity index (χ0v) is 14.4. The molecule has 0 amide bonds. The number of nitrogens with zero attached hydrogens (tertiary/aromatic N) is 1. The summed E-state index contributed by atoms with van der Waals surface area (Å²) in [6.07, 6.45) is 7.05. The maximum atomic E-state index is 13.5. The summed E-state index contributed by atoms with van der Waals surface area (Å²) in [5, 5.41) is 2.28. The molecule has 0 atom stereocenters. The molecule has 0 radical (unpaired) electrons. The molecular formula is C23H18FNO. The summed E-state index contributed by atoms with van der Waals surface area (Å²) >= 11 is 0. The van der Waals surface area contributed by atoms with Gasteiger partial charge in [0.2, 0.25) is 0 Å². The van der Waals surface area contributed by atoms with Crippen molar-refractivity contribution in [1.82, 2.24) is 4.40 Å². The van der Waals surface area contributed by atoms with E-state index in [9.17, 15) is 9.18 Å². The molecule has 128 valence electrons. The number of aldehydes is 1. The molecule has 2 aromatic heterocycles. The van der Waals surface area contributed by atoms with E-state index in [4.69, 9.17) is 0 Å². The molecule has 0 spiro atoms. The van der Waals surface area contributed by atoms with Crippen molar-refractivity contribution >= 4 is 28.7 Å². The van der Waals surface area contributed by atoms with E-state index < -0.39 is 0 Å². The van der Waals surface area contributed by atoms with Gasteiger partial charge in [-0.2, -0.15) is 0 Å². The summed E-state index contributed by atoms with van der Waals surface area (Å²) < 4.78 is 15.7. The second kappa shape index (κ2) is 6.60. The van der Waals surface area contributed by atoms with Gasteiger partial charge >= 0.3 is 0 Å². The van der Waals surface area contributed by atoms with Gasteiger partial charge in [-0.15, -0.1) is 0 Å². The molecule has 0 aliphatic heterocycles. The molecule has 3 heteroatoms. The standard InChI is InChI=1S/C23H18FNO/c1-2-21-20(8-5-15-26)22(17-9-11-18(24)12-10-17)23-19-7-4-3-6-16(19)13-14-25(21)23/h3-15H,2H2,1H3/b8-5+. The SMILES string of the molecule is CCc1c(/C=C/C=O)c(-c2ccc(F)cc2)c2c3ccccc3ccn12. The second-order valence-corrected chi connectivity index (χ2v) is 6.21. The number of rotatable bonds is 4. The zero-order chi connectivity index (χ0) is 18.1. The maximum absolute atomic E-state index is 13.5. The minimum absolute atomic E-state index is 0.261. The minimum atomic E-state index is -0.261. The molecule has 0 bridgehead atoms. The highest BCUT2D eigenvalue weighted by atomic mass is 19.1. The first-order valence-corrected chi connectivity index (χ1v) is 8.67. The average molecular weight is 343 g/mol. The fourth-order valence-corrected chi connectivity index (χ4v) is 3.68. The van der Waals surface area contributed by atoms with Gasteiger partial charge in [0.25, 0.3) is 0 Å². The average Bonchev–Trinajstić information content (AvgIpc) is 3.00. The van der Waals surface area contributed by atoms with Gasteiger partial charge in [0.05, 0.1) is 5.52 Å². The van der Waals surface area contributed by atoms with E-state index in [0.717, 1.165) is 51.4 Å². The summed E-state index contributed by atoms with van der Waals surface area (Å²) in [7, 11) is 0. The Labute approximate surface area is 151 Å². The Morgan fingerprint density at radius 2 is 1.81 bits per heavy atom. The van der Waals surface area contributed by atoms with Gasteiger partial charge in [0, 0.05) is 28.4 Å². The Kier molecular flexibility index (Phi) is 4.13. The van der Waals surface area contributed by atoms with Crippen molar-refractivity contribution in [3.63, 3.8) is 0 Å². The van der Waals surface area contributed by atoms with Gasteiger partial charge < -0.3 is 4.40 Å². The van der Waals surface area contributed by atoms with Crippen LogP contribution in [-0.4, -0.2) is 10.7 Å². The maximum Gasteiger partial charge on any atom is 0.142 e. The first kappa shape index (κ1) is 16.3. The quantitative estimate of drug-likeness (QED) is 0.345. The fourth-order valence-electron chi connectivity index (χ4n) is 3.68. The van der Waals surface area contributed by atoms with E-state index in [2.05, 4.69) is 35.7 Å². The van der Waals surface area contributed by atoms with Crippen LogP contribution < -0.4 is 0 Å². The topological polar surface area (TPSA) is 21.5 Å². The summed E-state index contributed by atoms with van der Waals surface area (Å²) in [5.74, 6) is -0.261. The second-order valence-electron chi connectivity index (χ2n) is 6.21. The molecule has 0 saturated heterocycles. The molecule has 4 aromatic rings. The van der Waals surface area contributed by atoms with Crippen LogP contribution in [0.2, 0.25) is 0 Å². The van der Waals surface area contributed by atoms with Crippen LogP contribution in [-0.2, 0) is 11.2 Å². The van der Waals surface area contributed by atoms with Crippen LogP contribution >= 0.6 is 0 Å². The van der Waals surface area contributed by atoms with Gasteiger partial charge in [-0.1, -0.05) is 43.3 Å². The molecule has 26 heavy (non-hydrogen) atoms. The van der Waals surface area contributed by atoms with E-state index >= 15 is 0 Å². The van der Waals surface area contributed by atoms with Crippen LogP contribution in [0, 0.1) is 5.82 Å². The molecule has 4 rings (SSSR count). The summed E-state index contributed by atoms with van der Waals surface area (Å²) in [4.78, 5) is 11.0. The molecule has 0 aliphatic carbocycles. The van der Waals surface area contributed by atoms with Crippen molar-refractivity contribution in [1.29, 1.82) is 0 Å². The third kappa shape index (κ3) is 2.53. The number of pyridine rings is 1. The number of hydrogen-bond acceptors (Lipinski definition) is 1. The molecule has 2 heterocycles.